The van der Waals surface area contributed by atoms with Gasteiger partial charge < -0.3 is 10.2 Å². The molecule has 2 amide bonds. The summed E-state index contributed by atoms with van der Waals surface area (Å²) in [5.41, 5.74) is 3.63. The van der Waals surface area contributed by atoms with E-state index in [9.17, 15) is 9.59 Å². The lowest BCUT2D eigenvalue weighted by Gasteiger charge is -2.28. The van der Waals surface area contributed by atoms with E-state index in [-0.39, 0.29) is 11.8 Å². The number of nitrogens with zero attached hydrogens (tertiary/aromatic N) is 2. The molecule has 5 nitrogen and oxygen atoms in total. The highest BCUT2D eigenvalue weighted by Crippen LogP contribution is 2.21. The van der Waals surface area contributed by atoms with E-state index in [1.165, 1.54) is 0 Å². The molecule has 3 rings (SSSR count). The molecule has 1 aromatic heterocycles. The molecule has 0 spiro atoms. The highest BCUT2D eigenvalue weighted by atomic mass is 35.5. The van der Waals surface area contributed by atoms with Crippen LogP contribution in [0.2, 0.25) is 5.02 Å². The van der Waals surface area contributed by atoms with Crippen LogP contribution in [-0.2, 0) is 24.2 Å². The van der Waals surface area contributed by atoms with Gasteiger partial charge in [0.25, 0.3) is 5.91 Å². The number of hydrogen-bond acceptors (Lipinski definition) is 3. The van der Waals surface area contributed by atoms with Crippen LogP contribution in [0.3, 0.4) is 0 Å². The van der Waals surface area contributed by atoms with Crippen molar-refractivity contribution in [2.75, 3.05) is 13.1 Å². The third-order valence-electron chi connectivity index (χ3n) is 4.42. The van der Waals surface area contributed by atoms with Crippen LogP contribution in [-0.4, -0.2) is 34.8 Å². The molecule has 0 saturated carbocycles. The second-order valence-corrected chi connectivity index (χ2v) is 6.59. The fourth-order valence-corrected chi connectivity index (χ4v) is 3.28. The second-order valence-electron chi connectivity index (χ2n) is 6.15. The van der Waals surface area contributed by atoms with Gasteiger partial charge in [-0.1, -0.05) is 23.7 Å². The molecule has 1 aliphatic heterocycles. The third kappa shape index (κ3) is 4.17. The standard InChI is InChI=1S/C19H20ClN3O2/c1-13(24)23-8-6-17-15(12-23)10-21-11-18(17)19(25)22-7-5-14-3-2-4-16(20)9-14/h2-4,9-11H,5-8,12H2,1H3,(H,22,25). The van der Waals surface area contributed by atoms with Crippen molar-refractivity contribution in [1.29, 1.82) is 0 Å². The molecule has 0 unspecified atom stereocenters. The number of amides is 2. The zero-order valence-corrected chi connectivity index (χ0v) is 14.8. The summed E-state index contributed by atoms with van der Waals surface area (Å²) in [6.07, 6.45) is 4.74. The molecule has 0 saturated heterocycles. The summed E-state index contributed by atoms with van der Waals surface area (Å²) in [6, 6.07) is 7.62. The molecule has 0 fully saturated rings. The molecule has 1 N–H and O–H groups in total. The maximum atomic E-state index is 12.5. The largest absolute Gasteiger partial charge is 0.352 e. The Labute approximate surface area is 152 Å². The van der Waals surface area contributed by atoms with Gasteiger partial charge in [0.05, 0.1) is 5.56 Å². The van der Waals surface area contributed by atoms with Gasteiger partial charge in [-0.25, -0.2) is 0 Å². The van der Waals surface area contributed by atoms with Crippen molar-refractivity contribution >= 4 is 23.4 Å². The predicted molar refractivity (Wildman–Crippen MR) is 96.5 cm³/mol. The number of pyridine rings is 1. The van der Waals surface area contributed by atoms with E-state index in [4.69, 9.17) is 11.6 Å². The smallest absolute Gasteiger partial charge is 0.253 e. The van der Waals surface area contributed by atoms with Gasteiger partial charge in [-0.3, -0.25) is 14.6 Å². The van der Waals surface area contributed by atoms with Crippen LogP contribution >= 0.6 is 11.6 Å². The first-order chi connectivity index (χ1) is 12.0. The van der Waals surface area contributed by atoms with Crippen LogP contribution in [0.1, 0.15) is 34.0 Å². The quantitative estimate of drug-likeness (QED) is 0.914. The van der Waals surface area contributed by atoms with E-state index in [1.807, 2.05) is 24.3 Å². The van der Waals surface area contributed by atoms with Crippen LogP contribution in [0.15, 0.2) is 36.7 Å². The molecule has 130 valence electrons. The minimum Gasteiger partial charge on any atom is -0.352 e. The maximum Gasteiger partial charge on any atom is 0.253 e. The molecule has 0 bridgehead atoms. The molecule has 0 atom stereocenters. The lowest BCUT2D eigenvalue weighted by Crippen LogP contribution is -2.36. The first kappa shape index (κ1) is 17.4. The Morgan fingerprint density at radius 1 is 1.32 bits per heavy atom. The van der Waals surface area contributed by atoms with E-state index in [1.54, 1.807) is 24.2 Å². The Bertz CT molecular complexity index is 807. The Balaban J connectivity index is 1.65. The molecule has 0 radical (unpaired) electrons. The number of halogens is 1. The van der Waals surface area contributed by atoms with Crippen molar-refractivity contribution in [1.82, 2.24) is 15.2 Å². The number of carbonyl (C=O) groups is 2. The number of benzene rings is 1. The summed E-state index contributed by atoms with van der Waals surface area (Å²) in [6.45, 7) is 3.24. The van der Waals surface area contributed by atoms with Crippen molar-refractivity contribution in [2.24, 2.45) is 0 Å². The fraction of sp³-hybridized carbons (Fsp3) is 0.316. The van der Waals surface area contributed by atoms with Crippen LogP contribution < -0.4 is 5.32 Å². The first-order valence-electron chi connectivity index (χ1n) is 8.28. The third-order valence-corrected chi connectivity index (χ3v) is 4.65. The van der Waals surface area contributed by atoms with Crippen molar-refractivity contribution in [3.63, 3.8) is 0 Å². The SMILES string of the molecule is CC(=O)N1CCc2c(cncc2C(=O)NCCc2cccc(Cl)c2)C1. The van der Waals surface area contributed by atoms with E-state index in [2.05, 4.69) is 10.3 Å². The number of aromatic nitrogens is 1. The van der Waals surface area contributed by atoms with Crippen molar-refractivity contribution in [3.8, 4) is 0 Å². The molecule has 2 aromatic rings. The van der Waals surface area contributed by atoms with E-state index in [0.717, 1.165) is 16.7 Å². The Kier molecular flexibility index (Phi) is 5.34. The normalized spacial score (nSPS) is 13.3. The summed E-state index contributed by atoms with van der Waals surface area (Å²) >= 11 is 5.97. The van der Waals surface area contributed by atoms with Gasteiger partial charge >= 0.3 is 0 Å². The highest BCUT2D eigenvalue weighted by molar-refractivity contribution is 6.30. The summed E-state index contributed by atoms with van der Waals surface area (Å²) < 4.78 is 0. The molecular formula is C19H20ClN3O2. The van der Waals surface area contributed by atoms with Crippen LogP contribution in [0.25, 0.3) is 0 Å². The van der Waals surface area contributed by atoms with Crippen molar-refractivity contribution < 1.29 is 9.59 Å². The van der Waals surface area contributed by atoms with E-state index >= 15 is 0 Å². The van der Waals surface area contributed by atoms with E-state index < -0.39 is 0 Å². The molecule has 0 aliphatic carbocycles. The Morgan fingerprint density at radius 2 is 2.16 bits per heavy atom. The van der Waals surface area contributed by atoms with Gasteiger partial charge in [0.15, 0.2) is 0 Å². The zero-order chi connectivity index (χ0) is 17.8. The molecular weight excluding hydrogens is 338 g/mol. The average Bonchev–Trinajstić information content (AvgIpc) is 2.60. The number of fused-ring (bicyclic) bond motifs is 1. The lowest BCUT2D eigenvalue weighted by atomic mass is 9.96. The molecule has 2 heterocycles. The summed E-state index contributed by atoms with van der Waals surface area (Å²) in [7, 11) is 0. The van der Waals surface area contributed by atoms with Crippen LogP contribution in [0.4, 0.5) is 0 Å². The van der Waals surface area contributed by atoms with Crippen molar-refractivity contribution in [2.45, 2.75) is 26.3 Å². The lowest BCUT2D eigenvalue weighted by molar-refractivity contribution is -0.129. The number of carbonyl (C=O) groups excluding carboxylic acids is 2. The fourth-order valence-electron chi connectivity index (χ4n) is 3.07. The first-order valence-corrected chi connectivity index (χ1v) is 8.66. The van der Waals surface area contributed by atoms with Crippen LogP contribution in [0.5, 0.6) is 0 Å². The minimum absolute atomic E-state index is 0.0435. The number of hydrogen-bond donors (Lipinski definition) is 1. The Morgan fingerprint density at radius 3 is 2.92 bits per heavy atom. The predicted octanol–water partition coefficient (Wildman–Crippen LogP) is 2.61. The molecule has 1 aliphatic rings. The van der Waals surface area contributed by atoms with E-state index in [0.29, 0.717) is 43.1 Å². The molecule has 1 aromatic carbocycles. The monoisotopic (exact) mass is 357 g/mol. The van der Waals surface area contributed by atoms with Gasteiger partial charge in [0, 0.05) is 44.0 Å². The minimum atomic E-state index is -0.123. The zero-order valence-electron chi connectivity index (χ0n) is 14.1. The van der Waals surface area contributed by atoms with Gasteiger partial charge in [-0.15, -0.1) is 0 Å². The molecule has 6 heteroatoms. The molecule has 25 heavy (non-hydrogen) atoms. The number of nitrogens with one attached hydrogen (secondary N) is 1. The van der Waals surface area contributed by atoms with Gasteiger partial charge in [-0.2, -0.15) is 0 Å². The van der Waals surface area contributed by atoms with Crippen LogP contribution in [0, 0.1) is 0 Å². The summed E-state index contributed by atoms with van der Waals surface area (Å²) in [5.74, 6) is -0.0790. The topological polar surface area (TPSA) is 62.3 Å². The van der Waals surface area contributed by atoms with Gasteiger partial charge in [0.2, 0.25) is 5.91 Å². The Hall–Kier alpha value is -2.40. The van der Waals surface area contributed by atoms with Gasteiger partial charge in [0.1, 0.15) is 0 Å². The van der Waals surface area contributed by atoms with Gasteiger partial charge in [-0.05, 0) is 41.7 Å². The summed E-state index contributed by atoms with van der Waals surface area (Å²) in [4.78, 5) is 30.0. The summed E-state index contributed by atoms with van der Waals surface area (Å²) in [5, 5.41) is 3.64. The maximum absolute atomic E-state index is 12.5. The highest BCUT2D eigenvalue weighted by Gasteiger charge is 2.23. The number of rotatable bonds is 4. The average molecular weight is 358 g/mol. The van der Waals surface area contributed by atoms with Crippen molar-refractivity contribution in [3.05, 3.63) is 63.9 Å². The second kappa shape index (κ2) is 7.66.